The number of hydrogen-bond donors (Lipinski definition) is 1. The van der Waals surface area contributed by atoms with Gasteiger partial charge in [0.25, 0.3) is 0 Å². The van der Waals surface area contributed by atoms with Gasteiger partial charge in [-0.2, -0.15) is 0 Å². The van der Waals surface area contributed by atoms with Gasteiger partial charge in [0.1, 0.15) is 0 Å². The number of thiazole rings is 1. The Balaban J connectivity index is 1.63. The van der Waals surface area contributed by atoms with E-state index in [1.165, 1.54) is 28.3 Å². The maximum Gasteiger partial charge on any atom is 0.0959 e. The van der Waals surface area contributed by atoms with Crippen LogP contribution in [-0.4, -0.2) is 28.1 Å². The van der Waals surface area contributed by atoms with Gasteiger partial charge in [-0.3, -0.25) is 4.90 Å². The fraction of sp³-hybridized carbons (Fsp3) is 0.438. The lowest BCUT2D eigenvalue weighted by atomic mass is 10.2. The molecule has 106 valence electrons. The topological polar surface area (TPSA) is 36.4 Å². The average Bonchev–Trinajstić information content (AvgIpc) is 3.21. The Kier molecular flexibility index (Phi) is 4.45. The van der Waals surface area contributed by atoms with E-state index in [0.29, 0.717) is 6.54 Å². The first-order valence-electron chi connectivity index (χ1n) is 7.17. The molecule has 3 rings (SSSR count). The van der Waals surface area contributed by atoms with E-state index in [-0.39, 0.29) is 6.61 Å². The van der Waals surface area contributed by atoms with Crippen LogP contribution in [0.25, 0.3) is 0 Å². The molecule has 1 aliphatic rings. The van der Waals surface area contributed by atoms with Gasteiger partial charge in [-0.15, -0.1) is 11.3 Å². The fourth-order valence-electron chi connectivity index (χ4n) is 2.33. The molecule has 0 saturated heterocycles. The van der Waals surface area contributed by atoms with Crippen molar-refractivity contribution in [3.63, 3.8) is 0 Å². The third kappa shape index (κ3) is 3.66. The molecule has 1 saturated carbocycles. The minimum atomic E-state index is 0.196. The summed E-state index contributed by atoms with van der Waals surface area (Å²) in [5.41, 5.74) is 1.29. The Hall–Kier alpha value is -1.23. The molecule has 1 aromatic carbocycles. The molecule has 1 heterocycles. The molecule has 0 atom stereocenters. The molecule has 0 unspecified atom stereocenters. The summed E-state index contributed by atoms with van der Waals surface area (Å²) in [6.45, 7) is 2.64. The smallest absolute Gasteiger partial charge is 0.0959 e. The molecule has 2 aromatic rings. The highest BCUT2D eigenvalue weighted by Gasteiger charge is 2.26. The zero-order chi connectivity index (χ0) is 13.8. The molecule has 4 heteroatoms. The van der Waals surface area contributed by atoms with Gasteiger partial charge in [-0.05, 0) is 18.4 Å². The number of aromatic nitrogens is 1. The van der Waals surface area contributed by atoms with Crippen molar-refractivity contribution in [2.45, 2.75) is 31.8 Å². The summed E-state index contributed by atoms with van der Waals surface area (Å²) in [6, 6.07) is 10.4. The van der Waals surface area contributed by atoms with Gasteiger partial charge < -0.3 is 5.11 Å². The molecule has 1 aromatic heterocycles. The molecule has 0 bridgehead atoms. The highest BCUT2D eigenvalue weighted by molar-refractivity contribution is 7.11. The Bertz CT molecular complexity index is 536. The summed E-state index contributed by atoms with van der Waals surface area (Å²) < 4.78 is 0. The zero-order valence-electron chi connectivity index (χ0n) is 11.5. The monoisotopic (exact) mass is 288 g/mol. The molecule has 0 aliphatic heterocycles. The molecule has 1 aliphatic carbocycles. The largest absolute Gasteiger partial charge is 0.395 e. The first-order valence-corrected chi connectivity index (χ1v) is 7.98. The molecule has 0 amide bonds. The van der Waals surface area contributed by atoms with Gasteiger partial charge in [0.15, 0.2) is 0 Å². The predicted octanol–water partition coefficient (Wildman–Crippen LogP) is 3.02. The second-order valence-electron chi connectivity index (χ2n) is 5.36. The number of aliphatic hydroxyl groups is 1. The van der Waals surface area contributed by atoms with Crippen molar-refractivity contribution in [1.82, 2.24) is 9.88 Å². The van der Waals surface area contributed by atoms with Crippen LogP contribution in [0.2, 0.25) is 0 Å². The summed E-state index contributed by atoms with van der Waals surface area (Å²) in [6.07, 6.45) is 4.61. The fourth-order valence-corrected chi connectivity index (χ4v) is 3.46. The molecule has 3 nitrogen and oxygen atoms in total. The normalized spacial score (nSPS) is 14.9. The van der Waals surface area contributed by atoms with E-state index in [4.69, 9.17) is 0 Å². The summed E-state index contributed by atoms with van der Waals surface area (Å²) >= 11 is 1.83. The minimum absolute atomic E-state index is 0.196. The van der Waals surface area contributed by atoms with Gasteiger partial charge >= 0.3 is 0 Å². The van der Waals surface area contributed by atoms with E-state index in [9.17, 15) is 5.11 Å². The van der Waals surface area contributed by atoms with Crippen LogP contribution in [0.1, 0.15) is 34.2 Å². The van der Waals surface area contributed by atoms with Crippen LogP contribution in [0.15, 0.2) is 36.5 Å². The van der Waals surface area contributed by atoms with Gasteiger partial charge in [-0.1, -0.05) is 30.3 Å². The van der Waals surface area contributed by atoms with Crippen LogP contribution >= 0.6 is 11.3 Å². The van der Waals surface area contributed by atoms with E-state index in [1.807, 2.05) is 23.6 Å². The summed E-state index contributed by atoms with van der Waals surface area (Å²) in [7, 11) is 0. The van der Waals surface area contributed by atoms with E-state index in [2.05, 4.69) is 34.1 Å². The SMILES string of the molecule is OCCN(Cc1ccccc1)Cc1cnc(C2CC2)s1. The van der Waals surface area contributed by atoms with E-state index in [0.717, 1.165) is 19.0 Å². The Labute approximate surface area is 123 Å². The highest BCUT2D eigenvalue weighted by Crippen LogP contribution is 2.41. The van der Waals surface area contributed by atoms with Crippen LogP contribution < -0.4 is 0 Å². The summed E-state index contributed by atoms with van der Waals surface area (Å²) in [5, 5.41) is 10.5. The Morgan fingerprint density at radius 1 is 1.20 bits per heavy atom. The lowest BCUT2D eigenvalue weighted by molar-refractivity contribution is 0.185. The maximum absolute atomic E-state index is 9.24. The van der Waals surface area contributed by atoms with Crippen LogP contribution in [-0.2, 0) is 13.1 Å². The molecule has 1 N–H and O–H groups in total. The van der Waals surface area contributed by atoms with Crippen molar-refractivity contribution in [3.8, 4) is 0 Å². The van der Waals surface area contributed by atoms with E-state index in [1.54, 1.807) is 0 Å². The predicted molar refractivity (Wildman–Crippen MR) is 81.7 cm³/mol. The molecule has 20 heavy (non-hydrogen) atoms. The average molecular weight is 288 g/mol. The van der Waals surface area contributed by atoms with Gasteiger partial charge in [0, 0.05) is 36.6 Å². The Morgan fingerprint density at radius 3 is 2.70 bits per heavy atom. The third-order valence-electron chi connectivity index (χ3n) is 3.54. The van der Waals surface area contributed by atoms with Crippen molar-refractivity contribution in [2.75, 3.05) is 13.2 Å². The number of hydrogen-bond acceptors (Lipinski definition) is 4. The standard InChI is InChI=1S/C16H20N2OS/c19-9-8-18(11-13-4-2-1-3-5-13)12-15-10-17-16(20-15)14-6-7-14/h1-5,10,14,19H,6-9,11-12H2. The minimum Gasteiger partial charge on any atom is -0.395 e. The lowest BCUT2D eigenvalue weighted by Gasteiger charge is -2.20. The molecule has 0 radical (unpaired) electrons. The van der Waals surface area contributed by atoms with Gasteiger partial charge in [0.2, 0.25) is 0 Å². The van der Waals surface area contributed by atoms with Crippen molar-refractivity contribution in [3.05, 3.63) is 52.0 Å². The number of benzene rings is 1. The quantitative estimate of drug-likeness (QED) is 0.851. The second kappa shape index (κ2) is 6.48. The van der Waals surface area contributed by atoms with Crippen LogP contribution in [0.3, 0.4) is 0 Å². The van der Waals surface area contributed by atoms with E-state index >= 15 is 0 Å². The van der Waals surface area contributed by atoms with Gasteiger partial charge in [0.05, 0.1) is 11.6 Å². The van der Waals surface area contributed by atoms with Crippen LogP contribution in [0.4, 0.5) is 0 Å². The molecular weight excluding hydrogens is 268 g/mol. The maximum atomic E-state index is 9.24. The van der Waals surface area contributed by atoms with Crippen LogP contribution in [0.5, 0.6) is 0 Å². The van der Waals surface area contributed by atoms with Crippen LogP contribution in [0, 0.1) is 0 Å². The van der Waals surface area contributed by atoms with Crippen molar-refractivity contribution in [2.24, 2.45) is 0 Å². The van der Waals surface area contributed by atoms with E-state index < -0.39 is 0 Å². The summed E-state index contributed by atoms with van der Waals surface area (Å²) in [5.74, 6) is 0.731. The van der Waals surface area contributed by atoms with Crippen molar-refractivity contribution in [1.29, 1.82) is 0 Å². The number of rotatable bonds is 7. The molecular formula is C16H20N2OS. The van der Waals surface area contributed by atoms with Crippen molar-refractivity contribution < 1.29 is 5.11 Å². The number of nitrogens with zero attached hydrogens (tertiary/aromatic N) is 2. The molecule has 1 fully saturated rings. The molecule has 0 spiro atoms. The third-order valence-corrected chi connectivity index (χ3v) is 4.69. The first kappa shape index (κ1) is 13.7. The summed E-state index contributed by atoms with van der Waals surface area (Å²) in [4.78, 5) is 8.11. The number of aliphatic hydroxyl groups excluding tert-OH is 1. The Morgan fingerprint density at radius 2 is 2.00 bits per heavy atom. The first-order chi connectivity index (χ1) is 9.85. The van der Waals surface area contributed by atoms with Gasteiger partial charge in [-0.25, -0.2) is 4.98 Å². The zero-order valence-corrected chi connectivity index (χ0v) is 12.4. The second-order valence-corrected chi connectivity index (χ2v) is 6.51. The lowest BCUT2D eigenvalue weighted by Crippen LogP contribution is -2.25. The highest BCUT2D eigenvalue weighted by atomic mass is 32.1. The van der Waals surface area contributed by atoms with Crippen molar-refractivity contribution >= 4 is 11.3 Å².